The second-order valence-corrected chi connectivity index (χ2v) is 15.6. The fourth-order valence-corrected chi connectivity index (χ4v) is 7.30. The van der Waals surface area contributed by atoms with Crippen LogP contribution in [0.2, 0.25) is 0 Å². The molecule has 0 radical (unpaired) electrons. The Morgan fingerprint density at radius 2 is 1.06 bits per heavy atom. The lowest BCUT2D eigenvalue weighted by atomic mass is 9.98. The van der Waals surface area contributed by atoms with Gasteiger partial charge in [0, 0.05) is 19.5 Å². The minimum atomic E-state index is -1.45. The van der Waals surface area contributed by atoms with E-state index in [0.717, 1.165) is 5.56 Å². The van der Waals surface area contributed by atoms with Crippen LogP contribution in [0.5, 0.6) is 0 Å². The van der Waals surface area contributed by atoms with E-state index in [4.69, 9.17) is 5.73 Å². The molecule has 3 heterocycles. The predicted molar refractivity (Wildman–Crippen MR) is 198 cm³/mol. The molecule has 0 saturated carbocycles. The van der Waals surface area contributed by atoms with Crippen LogP contribution in [0.25, 0.3) is 0 Å². The number of hydrogen-bond acceptors (Lipinski definition) is 8. The van der Waals surface area contributed by atoms with Gasteiger partial charge in [-0.1, -0.05) is 71.9 Å². The van der Waals surface area contributed by atoms with Crippen molar-refractivity contribution in [1.29, 1.82) is 0 Å². The molecule has 7 N–H and O–H groups in total. The number of nitrogens with two attached hydrogens (primary N) is 1. The normalized spacial score (nSPS) is 28.2. The first-order chi connectivity index (χ1) is 25.5. The number of amides is 8. The van der Waals surface area contributed by atoms with Gasteiger partial charge >= 0.3 is 0 Å². The van der Waals surface area contributed by atoms with Crippen molar-refractivity contribution in [3.05, 3.63) is 35.9 Å². The molecule has 3 fully saturated rings. The van der Waals surface area contributed by atoms with Crippen molar-refractivity contribution in [3.63, 3.8) is 0 Å². The minimum Gasteiger partial charge on any atom is -0.370 e. The van der Waals surface area contributed by atoms with Gasteiger partial charge in [-0.05, 0) is 49.0 Å². The Kier molecular flexibility index (Phi) is 14.2. The number of nitrogens with zero attached hydrogens (tertiary/aromatic N) is 2. The molecule has 3 saturated heterocycles. The third-order valence-electron chi connectivity index (χ3n) is 10.3. The number of primary amides is 1. The highest BCUT2D eigenvalue weighted by Crippen LogP contribution is 2.23. The first-order valence-corrected chi connectivity index (χ1v) is 18.9. The van der Waals surface area contributed by atoms with Crippen molar-refractivity contribution in [1.82, 2.24) is 36.4 Å². The van der Waals surface area contributed by atoms with Crippen LogP contribution in [-0.2, 0) is 44.8 Å². The van der Waals surface area contributed by atoms with Crippen LogP contribution in [0.1, 0.15) is 79.2 Å². The number of fused-ring (bicyclic) bond motifs is 2. The van der Waals surface area contributed by atoms with Crippen molar-refractivity contribution in [2.24, 2.45) is 23.5 Å². The molecule has 4 rings (SSSR count). The lowest BCUT2D eigenvalue weighted by Crippen LogP contribution is -2.61. The Hall–Kier alpha value is -5.02. The highest BCUT2D eigenvalue weighted by atomic mass is 16.2. The second kappa shape index (κ2) is 18.3. The minimum absolute atomic E-state index is 0.0624. The van der Waals surface area contributed by atoms with Crippen molar-refractivity contribution in [3.8, 4) is 0 Å². The topological polar surface area (TPSA) is 229 Å². The Bertz CT molecular complexity index is 1580. The zero-order valence-corrected chi connectivity index (χ0v) is 32.1. The fraction of sp³-hybridized carbons (Fsp3) is 0.632. The van der Waals surface area contributed by atoms with Crippen molar-refractivity contribution < 1.29 is 38.4 Å². The zero-order valence-electron chi connectivity index (χ0n) is 32.1. The molecule has 3 aliphatic heterocycles. The third kappa shape index (κ3) is 10.1. The fourth-order valence-electron chi connectivity index (χ4n) is 7.30. The molecule has 3 aliphatic rings. The van der Waals surface area contributed by atoms with E-state index in [2.05, 4.69) is 26.6 Å². The summed E-state index contributed by atoms with van der Waals surface area (Å²) < 4.78 is 0. The van der Waals surface area contributed by atoms with Crippen LogP contribution >= 0.6 is 0 Å². The Morgan fingerprint density at radius 3 is 1.57 bits per heavy atom. The smallest absolute Gasteiger partial charge is 0.246 e. The Labute approximate surface area is 316 Å². The van der Waals surface area contributed by atoms with Crippen LogP contribution in [-0.4, -0.2) is 112 Å². The largest absolute Gasteiger partial charge is 0.370 e. The number of hydrogen-bond donors (Lipinski definition) is 6. The lowest BCUT2D eigenvalue weighted by Gasteiger charge is -2.33. The van der Waals surface area contributed by atoms with E-state index in [1.165, 1.54) is 9.80 Å². The van der Waals surface area contributed by atoms with Gasteiger partial charge in [0.25, 0.3) is 0 Å². The van der Waals surface area contributed by atoms with Crippen LogP contribution in [0.15, 0.2) is 30.3 Å². The highest BCUT2D eigenvalue weighted by molar-refractivity contribution is 6.00. The molecule has 0 aromatic heterocycles. The van der Waals surface area contributed by atoms with E-state index in [1.54, 1.807) is 65.8 Å². The van der Waals surface area contributed by atoms with Gasteiger partial charge in [0.15, 0.2) is 0 Å². The number of benzene rings is 1. The summed E-state index contributed by atoms with van der Waals surface area (Å²) in [6.45, 7) is 10.8. The number of rotatable bonds is 7. The summed E-state index contributed by atoms with van der Waals surface area (Å²) in [7, 11) is 0. The van der Waals surface area contributed by atoms with Crippen LogP contribution in [0, 0.1) is 17.8 Å². The van der Waals surface area contributed by atoms with Gasteiger partial charge in [-0.25, -0.2) is 0 Å². The first kappa shape index (κ1) is 41.7. The van der Waals surface area contributed by atoms with Crippen molar-refractivity contribution >= 4 is 47.3 Å². The maximum Gasteiger partial charge on any atom is 0.246 e. The summed E-state index contributed by atoms with van der Waals surface area (Å²) in [6, 6.07) is 1.08. The van der Waals surface area contributed by atoms with Crippen LogP contribution in [0.3, 0.4) is 0 Å². The lowest BCUT2D eigenvalue weighted by molar-refractivity contribution is -0.144. The first-order valence-electron chi connectivity index (χ1n) is 18.9. The van der Waals surface area contributed by atoms with Crippen molar-refractivity contribution in [2.75, 3.05) is 13.1 Å². The quantitative estimate of drug-likeness (QED) is 0.212. The van der Waals surface area contributed by atoms with Crippen LogP contribution in [0.4, 0.5) is 0 Å². The van der Waals surface area contributed by atoms with Gasteiger partial charge in [0.1, 0.15) is 42.3 Å². The summed E-state index contributed by atoms with van der Waals surface area (Å²) >= 11 is 0. The van der Waals surface area contributed by atoms with E-state index in [1.807, 2.05) is 6.07 Å². The van der Waals surface area contributed by atoms with E-state index in [0.29, 0.717) is 19.3 Å². The molecule has 1 aromatic rings. The third-order valence-corrected chi connectivity index (χ3v) is 10.3. The predicted octanol–water partition coefficient (Wildman–Crippen LogP) is -0.508. The Balaban J connectivity index is 1.77. The summed E-state index contributed by atoms with van der Waals surface area (Å²) in [5.41, 5.74) is 6.24. The maximum atomic E-state index is 14.1. The summed E-state index contributed by atoms with van der Waals surface area (Å²) in [5.74, 6) is -6.58. The van der Waals surface area contributed by atoms with Gasteiger partial charge in [-0.15, -0.1) is 0 Å². The second-order valence-electron chi connectivity index (χ2n) is 15.6. The average Bonchev–Trinajstić information content (AvgIpc) is 3.81. The van der Waals surface area contributed by atoms with Gasteiger partial charge in [-0.3, -0.25) is 38.4 Å². The zero-order chi connectivity index (χ0) is 39.9. The molecule has 0 aliphatic carbocycles. The standard InChI is InChI=1S/C38H56N8O8/c1-20(2)29-35(51)41-25(19-28(39)47)37(53)45-16-10-14-26(45)33(49)40-24(18-23-12-8-7-9-13-23)32(48)42-30(21(3)4)36(52)44-31(22(5)6)38(54)46-17-11-15-27(46)34(50)43-29/h7-9,12-13,20-22,24-27,29-31H,10-11,14-19H2,1-6H3,(H2,39,47)(H,40,49)(H,41,51)(H,42,48)(H,43,50)(H,44,52)/t24-,25-,26-,27-,29+,30-,31-/m0/s1. The molecular formula is C38H56N8O8. The number of nitrogens with one attached hydrogen (secondary N) is 5. The molecule has 7 atom stereocenters. The molecule has 1 aromatic carbocycles. The summed E-state index contributed by atoms with van der Waals surface area (Å²) in [6.07, 6.45) is 1.01. The van der Waals surface area contributed by atoms with Crippen molar-refractivity contribution in [2.45, 2.75) is 122 Å². The SMILES string of the molecule is CC(C)[C@@H]1NC(=O)[C@H](Cc2ccccc2)NC(=O)[C@@H]2CCCN2C(=O)[C@H](CC(N)=O)NC(=O)[C@@H](C(C)C)NC(=O)[C@@H]2CCCN2C(=O)[C@H](C(C)C)NC1=O. The van der Waals surface area contributed by atoms with E-state index in [9.17, 15) is 38.4 Å². The molecule has 16 nitrogen and oxygen atoms in total. The molecule has 0 spiro atoms. The number of carbonyl (C=O) groups excluding carboxylic acids is 8. The van der Waals surface area contributed by atoms with Gasteiger partial charge in [0.05, 0.1) is 6.42 Å². The molecule has 16 heteroatoms. The van der Waals surface area contributed by atoms with E-state index in [-0.39, 0.29) is 25.9 Å². The Morgan fingerprint density at radius 1 is 0.611 bits per heavy atom. The molecule has 8 amide bonds. The molecule has 296 valence electrons. The molecule has 0 bridgehead atoms. The molecule has 54 heavy (non-hydrogen) atoms. The van der Waals surface area contributed by atoms with Gasteiger partial charge in [-0.2, -0.15) is 0 Å². The molecular weight excluding hydrogens is 696 g/mol. The maximum absolute atomic E-state index is 14.1. The van der Waals surface area contributed by atoms with Gasteiger partial charge < -0.3 is 42.1 Å². The summed E-state index contributed by atoms with van der Waals surface area (Å²) in [5, 5.41) is 13.8. The molecule has 0 unspecified atom stereocenters. The van der Waals surface area contributed by atoms with Crippen LogP contribution < -0.4 is 32.3 Å². The van der Waals surface area contributed by atoms with E-state index >= 15 is 0 Å². The van der Waals surface area contributed by atoms with Gasteiger partial charge in [0.2, 0.25) is 47.3 Å². The highest BCUT2D eigenvalue weighted by Gasteiger charge is 2.43. The average molecular weight is 753 g/mol. The number of carbonyl (C=O) groups is 8. The van der Waals surface area contributed by atoms with E-state index < -0.39 is 114 Å². The monoisotopic (exact) mass is 752 g/mol. The summed E-state index contributed by atoms with van der Waals surface area (Å²) in [4.78, 5) is 113.